The van der Waals surface area contributed by atoms with Gasteiger partial charge < -0.3 is 5.32 Å². The third-order valence-electron chi connectivity index (χ3n) is 3.76. The first-order valence-corrected chi connectivity index (χ1v) is 12.3. The van der Waals surface area contributed by atoms with Crippen molar-refractivity contribution in [2.24, 2.45) is 0 Å². The molecule has 1 amide bonds. The number of thioether (sulfide) groups is 1. The van der Waals surface area contributed by atoms with Crippen LogP contribution in [0.4, 0.5) is 5.69 Å². The fraction of sp³-hybridized carbons (Fsp3) is 0.316. The lowest BCUT2D eigenvalue weighted by molar-refractivity contribution is -0.119. The maximum atomic E-state index is 12.2. The maximum Gasteiger partial charge on any atom is 0.240 e. The lowest BCUT2D eigenvalue weighted by atomic mass is 10.2. The van der Waals surface area contributed by atoms with E-state index in [0.29, 0.717) is 11.6 Å². The monoisotopic (exact) mass is 460 g/mol. The summed E-state index contributed by atoms with van der Waals surface area (Å²) >= 11 is 13.8. The highest BCUT2D eigenvalue weighted by atomic mass is 35.5. The van der Waals surface area contributed by atoms with Crippen molar-refractivity contribution in [2.75, 3.05) is 29.4 Å². The van der Waals surface area contributed by atoms with E-state index in [4.69, 9.17) is 23.2 Å². The Kier molecular flexibility index (Phi) is 8.95. The molecule has 28 heavy (non-hydrogen) atoms. The highest BCUT2D eigenvalue weighted by Gasteiger charge is 2.23. The molecule has 2 aromatic carbocycles. The largest absolute Gasteiger partial charge is 0.354 e. The summed E-state index contributed by atoms with van der Waals surface area (Å²) in [7, 11) is -3.70. The Morgan fingerprint density at radius 2 is 1.86 bits per heavy atom. The molecule has 0 atom stereocenters. The molecule has 5 nitrogen and oxygen atoms in total. The van der Waals surface area contributed by atoms with E-state index >= 15 is 0 Å². The van der Waals surface area contributed by atoms with Gasteiger partial charge in [0, 0.05) is 17.3 Å². The SMILES string of the molecule is CS(=O)(=O)N(CC(=O)NCCCSCc1ccccc1)c1cc(Cl)ccc1Cl. The van der Waals surface area contributed by atoms with Crippen LogP contribution in [-0.4, -0.2) is 39.4 Å². The fourth-order valence-corrected chi connectivity index (χ4v) is 4.63. The minimum atomic E-state index is -3.70. The Labute approximate surface area is 180 Å². The van der Waals surface area contributed by atoms with Gasteiger partial charge in [-0.05, 0) is 35.9 Å². The lowest BCUT2D eigenvalue weighted by Crippen LogP contribution is -2.40. The molecule has 9 heteroatoms. The van der Waals surface area contributed by atoms with Gasteiger partial charge in [0.25, 0.3) is 0 Å². The highest BCUT2D eigenvalue weighted by molar-refractivity contribution is 7.98. The summed E-state index contributed by atoms with van der Waals surface area (Å²) in [5.74, 6) is 1.42. The van der Waals surface area contributed by atoms with Crippen molar-refractivity contribution < 1.29 is 13.2 Å². The van der Waals surface area contributed by atoms with Crippen molar-refractivity contribution >= 4 is 56.6 Å². The highest BCUT2D eigenvalue weighted by Crippen LogP contribution is 2.30. The predicted octanol–water partition coefficient (Wildman–Crippen LogP) is 4.20. The second-order valence-electron chi connectivity index (χ2n) is 6.11. The van der Waals surface area contributed by atoms with Crippen LogP contribution in [0.15, 0.2) is 48.5 Å². The van der Waals surface area contributed by atoms with Gasteiger partial charge in [-0.2, -0.15) is 11.8 Å². The number of nitrogens with zero attached hydrogens (tertiary/aromatic N) is 1. The number of halogens is 2. The van der Waals surface area contributed by atoms with Gasteiger partial charge in [-0.3, -0.25) is 9.10 Å². The van der Waals surface area contributed by atoms with E-state index in [1.165, 1.54) is 17.7 Å². The second-order valence-corrected chi connectivity index (χ2v) is 9.96. The van der Waals surface area contributed by atoms with Crippen LogP contribution in [0.2, 0.25) is 10.0 Å². The van der Waals surface area contributed by atoms with Gasteiger partial charge >= 0.3 is 0 Å². The molecule has 0 fully saturated rings. The lowest BCUT2D eigenvalue weighted by Gasteiger charge is -2.23. The van der Waals surface area contributed by atoms with Crippen molar-refractivity contribution in [3.63, 3.8) is 0 Å². The molecule has 0 unspecified atom stereocenters. The molecule has 0 spiro atoms. The number of sulfonamides is 1. The van der Waals surface area contributed by atoms with Crippen LogP contribution in [0.5, 0.6) is 0 Å². The van der Waals surface area contributed by atoms with Gasteiger partial charge in [-0.1, -0.05) is 53.5 Å². The molecule has 2 aromatic rings. The summed E-state index contributed by atoms with van der Waals surface area (Å²) in [5, 5.41) is 3.30. The molecule has 0 saturated carbocycles. The third kappa shape index (κ3) is 7.54. The molecule has 152 valence electrons. The van der Waals surface area contributed by atoms with Crippen LogP contribution in [0, 0.1) is 0 Å². The second kappa shape index (κ2) is 11.0. The molecule has 0 aliphatic heterocycles. The number of hydrogen-bond donors (Lipinski definition) is 1. The zero-order valence-electron chi connectivity index (χ0n) is 15.4. The standard InChI is InChI=1S/C19H22Cl2N2O3S2/c1-28(25,26)23(18-12-16(20)8-9-17(18)21)13-19(24)22-10-5-11-27-14-15-6-3-2-4-7-15/h2-4,6-9,12H,5,10-11,13-14H2,1H3,(H,22,24). The summed E-state index contributed by atoms with van der Waals surface area (Å²) in [4.78, 5) is 12.2. The zero-order valence-corrected chi connectivity index (χ0v) is 18.5. The Morgan fingerprint density at radius 3 is 2.54 bits per heavy atom. The summed E-state index contributed by atoms with van der Waals surface area (Å²) < 4.78 is 25.2. The quantitative estimate of drug-likeness (QED) is 0.539. The van der Waals surface area contributed by atoms with Gasteiger partial charge in [-0.25, -0.2) is 8.42 Å². The van der Waals surface area contributed by atoms with Crippen LogP contribution >= 0.6 is 35.0 Å². The predicted molar refractivity (Wildman–Crippen MR) is 119 cm³/mol. The Bertz CT molecular complexity index is 893. The van der Waals surface area contributed by atoms with Crippen LogP contribution in [0.25, 0.3) is 0 Å². The van der Waals surface area contributed by atoms with Gasteiger partial charge in [-0.15, -0.1) is 0 Å². The molecule has 0 aliphatic rings. The summed E-state index contributed by atoms with van der Waals surface area (Å²) in [5.41, 5.74) is 1.45. The molecular weight excluding hydrogens is 439 g/mol. The number of rotatable bonds is 10. The van der Waals surface area contributed by atoms with Crippen LogP contribution in [0.3, 0.4) is 0 Å². The van der Waals surface area contributed by atoms with Crippen LogP contribution in [-0.2, 0) is 20.6 Å². The Hall–Kier alpha value is -1.41. The number of hydrogen-bond acceptors (Lipinski definition) is 4. The molecule has 0 aromatic heterocycles. The zero-order chi connectivity index (χ0) is 20.6. The smallest absolute Gasteiger partial charge is 0.240 e. The van der Waals surface area contributed by atoms with E-state index in [2.05, 4.69) is 17.4 Å². The summed E-state index contributed by atoms with van der Waals surface area (Å²) in [6, 6.07) is 14.6. The number of benzene rings is 2. The van der Waals surface area contributed by atoms with E-state index in [9.17, 15) is 13.2 Å². The van der Waals surface area contributed by atoms with E-state index in [1.54, 1.807) is 17.8 Å². The first kappa shape index (κ1) is 22.9. The third-order valence-corrected chi connectivity index (χ3v) is 6.56. The Balaban J connectivity index is 1.81. The minimum Gasteiger partial charge on any atom is -0.354 e. The van der Waals surface area contributed by atoms with Crippen molar-refractivity contribution in [3.8, 4) is 0 Å². The van der Waals surface area contributed by atoms with Gasteiger partial charge in [0.2, 0.25) is 15.9 Å². The molecule has 0 heterocycles. The van der Waals surface area contributed by atoms with Crippen molar-refractivity contribution in [2.45, 2.75) is 12.2 Å². The molecule has 0 bridgehead atoms. The van der Waals surface area contributed by atoms with Gasteiger partial charge in [0.05, 0.1) is 17.0 Å². The van der Waals surface area contributed by atoms with Crippen LogP contribution < -0.4 is 9.62 Å². The van der Waals surface area contributed by atoms with Gasteiger partial charge in [0.1, 0.15) is 6.54 Å². The number of carbonyl (C=O) groups is 1. The summed E-state index contributed by atoms with van der Waals surface area (Å²) in [6.07, 6.45) is 1.82. The average molecular weight is 461 g/mol. The van der Waals surface area contributed by atoms with Crippen molar-refractivity contribution in [1.29, 1.82) is 0 Å². The molecule has 1 N–H and O–H groups in total. The number of amides is 1. The van der Waals surface area contributed by atoms with Crippen LogP contribution in [0.1, 0.15) is 12.0 Å². The fourth-order valence-electron chi connectivity index (χ4n) is 2.41. The topological polar surface area (TPSA) is 66.5 Å². The van der Waals surface area contributed by atoms with E-state index in [1.807, 2.05) is 18.2 Å². The summed E-state index contributed by atoms with van der Waals surface area (Å²) in [6.45, 7) is 0.123. The van der Waals surface area contributed by atoms with Crippen molar-refractivity contribution in [3.05, 3.63) is 64.1 Å². The maximum absolute atomic E-state index is 12.2. The average Bonchev–Trinajstić information content (AvgIpc) is 2.64. The first-order chi connectivity index (χ1) is 13.3. The van der Waals surface area contributed by atoms with Crippen molar-refractivity contribution in [1.82, 2.24) is 5.32 Å². The normalized spacial score (nSPS) is 11.2. The van der Waals surface area contributed by atoms with E-state index < -0.39 is 15.9 Å². The number of carbonyl (C=O) groups excluding carboxylic acids is 1. The molecule has 2 rings (SSSR count). The molecule has 0 aliphatic carbocycles. The molecule has 0 saturated heterocycles. The van der Waals surface area contributed by atoms with Gasteiger partial charge in [0.15, 0.2) is 0 Å². The Morgan fingerprint density at radius 1 is 1.14 bits per heavy atom. The minimum absolute atomic E-state index is 0.185. The van der Waals surface area contributed by atoms with E-state index in [0.717, 1.165) is 28.5 Å². The number of anilines is 1. The molecular formula is C19H22Cl2N2O3S2. The first-order valence-electron chi connectivity index (χ1n) is 8.58. The number of nitrogens with one attached hydrogen (secondary N) is 1. The molecule has 0 radical (unpaired) electrons. The van der Waals surface area contributed by atoms with E-state index in [-0.39, 0.29) is 17.3 Å².